The Morgan fingerprint density at radius 3 is 2.82 bits per heavy atom. The molecule has 6 nitrogen and oxygen atoms in total. The molecule has 2 aliphatic heterocycles. The summed E-state index contributed by atoms with van der Waals surface area (Å²) in [4.78, 5) is 31.6. The average molecular weight is 385 g/mol. The van der Waals surface area contributed by atoms with E-state index in [0.717, 1.165) is 44.4 Å². The van der Waals surface area contributed by atoms with Crippen molar-refractivity contribution in [1.29, 1.82) is 0 Å². The molecule has 150 valence electrons. The Morgan fingerprint density at radius 1 is 1.29 bits per heavy atom. The summed E-state index contributed by atoms with van der Waals surface area (Å²) in [5.41, 5.74) is 4.95. The smallest absolute Gasteiger partial charge is 0.309 e. The summed E-state index contributed by atoms with van der Waals surface area (Å²) in [5, 5.41) is 1.25. The maximum atomic E-state index is 12.9. The molecule has 0 radical (unpaired) electrons. The van der Waals surface area contributed by atoms with Crippen LogP contribution in [0, 0.1) is 12.8 Å². The molecule has 28 heavy (non-hydrogen) atoms. The van der Waals surface area contributed by atoms with Crippen LogP contribution in [0.1, 0.15) is 36.6 Å². The Bertz CT molecular complexity index is 881. The van der Waals surface area contributed by atoms with E-state index in [1.165, 1.54) is 27.1 Å². The molecule has 1 aromatic heterocycles. The molecular weight excluding hydrogens is 354 g/mol. The number of aryl methyl sites for hydroxylation is 1. The van der Waals surface area contributed by atoms with Gasteiger partial charge in [-0.3, -0.25) is 9.59 Å². The van der Waals surface area contributed by atoms with Crippen LogP contribution in [0.3, 0.4) is 0 Å². The number of hydrogen-bond acceptors (Lipinski definition) is 3. The van der Waals surface area contributed by atoms with Crippen LogP contribution in [0.15, 0.2) is 18.2 Å². The Balaban J connectivity index is 1.36. The number of fused-ring (bicyclic) bond motifs is 3. The number of aromatic amines is 1. The lowest BCUT2D eigenvalue weighted by atomic mass is 9.97. The molecule has 0 unspecified atom stereocenters. The number of nitrogens with one attached hydrogen (secondary N) is 2. The van der Waals surface area contributed by atoms with Gasteiger partial charge in [-0.05, 0) is 26.0 Å². The first-order valence-corrected chi connectivity index (χ1v) is 10.4. The van der Waals surface area contributed by atoms with E-state index in [0.29, 0.717) is 19.7 Å². The van der Waals surface area contributed by atoms with Gasteiger partial charge in [0.2, 0.25) is 0 Å². The number of aromatic nitrogens is 1. The lowest BCUT2D eigenvalue weighted by molar-refractivity contribution is -0.898. The summed E-state index contributed by atoms with van der Waals surface area (Å²) < 4.78 is 5.14. The van der Waals surface area contributed by atoms with Gasteiger partial charge in [0.25, 0.3) is 5.91 Å². The molecule has 1 saturated heterocycles. The fourth-order valence-corrected chi connectivity index (χ4v) is 4.57. The lowest BCUT2D eigenvalue weighted by Gasteiger charge is -2.31. The Hall–Kier alpha value is -2.34. The van der Waals surface area contributed by atoms with E-state index in [1.807, 2.05) is 11.8 Å². The molecule has 0 spiro atoms. The molecule has 6 heteroatoms. The van der Waals surface area contributed by atoms with Gasteiger partial charge in [0.15, 0.2) is 6.54 Å². The highest BCUT2D eigenvalue weighted by Gasteiger charge is 2.31. The summed E-state index contributed by atoms with van der Waals surface area (Å²) in [6.45, 7) is 8.10. The van der Waals surface area contributed by atoms with Crippen LogP contribution in [0.25, 0.3) is 10.9 Å². The van der Waals surface area contributed by atoms with E-state index in [2.05, 4.69) is 30.1 Å². The molecule has 1 amide bonds. The van der Waals surface area contributed by atoms with Crippen LogP contribution < -0.4 is 4.90 Å². The highest BCUT2D eigenvalue weighted by atomic mass is 16.5. The number of piperidine rings is 1. The molecule has 2 aromatic rings. The van der Waals surface area contributed by atoms with Crippen molar-refractivity contribution >= 4 is 22.8 Å². The van der Waals surface area contributed by atoms with E-state index in [-0.39, 0.29) is 17.8 Å². The zero-order valence-corrected chi connectivity index (χ0v) is 16.8. The molecule has 2 N–H and O–H groups in total. The monoisotopic (exact) mass is 384 g/mol. The number of benzene rings is 1. The Morgan fingerprint density at radius 2 is 2.07 bits per heavy atom. The van der Waals surface area contributed by atoms with Crippen molar-refractivity contribution in [1.82, 2.24) is 9.88 Å². The van der Waals surface area contributed by atoms with E-state index in [9.17, 15) is 9.59 Å². The fourth-order valence-electron chi connectivity index (χ4n) is 4.57. The lowest BCUT2D eigenvalue weighted by Crippen LogP contribution is -3.14. The molecular formula is C22H30N3O3+. The highest BCUT2D eigenvalue weighted by molar-refractivity contribution is 5.86. The molecule has 0 atom stereocenters. The Kier molecular flexibility index (Phi) is 5.40. The minimum Gasteiger partial charge on any atom is -0.466 e. The third kappa shape index (κ3) is 3.78. The number of H-pyrrole nitrogens is 1. The molecule has 0 aliphatic carbocycles. The number of hydrogen-bond donors (Lipinski definition) is 2. The van der Waals surface area contributed by atoms with Crippen molar-refractivity contribution in [3.05, 3.63) is 35.0 Å². The minimum absolute atomic E-state index is 0.00538. The predicted octanol–water partition coefficient (Wildman–Crippen LogP) is 1.22. The summed E-state index contributed by atoms with van der Waals surface area (Å²) >= 11 is 0. The average Bonchev–Trinajstić information content (AvgIpc) is 3.05. The number of rotatable bonds is 4. The number of ether oxygens (including phenoxy) is 1. The van der Waals surface area contributed by atoms with Crippen LogP contribution in [0.4, 0.5) is 0 Å². The van der Waals surface area contributed by atoms with Crippen LogP contribution >= 0.6 is 0 Å². The van der Waals surface area contributed by atoms with E-state index in [4.69, 9.17) is 4.74 Å². The molecule has 1 fully saturated rings. The van der Waals surface area contributed by atoms with Gasteiger partial charge in [-0.15, -0.1) is 0 Å². The molecule has 2 aliphatic rings. The predicted molar refractivity (Wildman–Crippen MR) is 107 cm³/mol. The van der Waals surface area contributed by atoms with Gasteiger partial charge in [-0.1, -0.05) is 11.6 Å². The van der Waals surface area contributed by atoms with Crippen molar-refractivity contribution < 1.29 is 19.2 Å². The SMILES string of the molecule is CCOC(=O)C1CC[NH+](CC(=O)N2CCc3[nH]c4ccc(C)cc4c3C2)CC1. The number of esters is 1. The summed E-state index contributed by atoms with van der Waals surface area (Å²) in [6.07, 6.45) is 2.51. The molecule has 4 rings (SSSR count). The molecule has 1 aromatic carbocycles. The largest absolute Gasteiger partial charge is 0.466 e. The summed E-state index contributed by atoms with van der Waals surface area (Å²) in [6, 6.07) is 6.47. The van der Waals surface area contributed by atoms with Gasteiger partial charge >= 0.3 is 5.97 Å². The third-order valence-electron chi connectivity index (χ3n) is 6.20. The standard InChI is InChI=1S/C22H29N3O3/c1-3-28-22(27)16-6-9-24(10-7-16)14-21(26)25-11-8-20-18(13-25)17-12-15(2)4-5-19(17)23-20/h4-5,12,16,23H,3,6-11,13-14H2,1-2H3/p+1. The van der Waals surface area contributed by atoms with Gasteiger partial charge in [-0.25, -0.2) is 0 Å². The van der Waals surface area contributed by atoms with Crippen LogP contribution in [0.5, 0.6) is 0 Å². The third-order valence-corrected chi connectivity index (χ3v) is 6.20. The normalized spacial score (nSPS) is 22.1. The van der Waals surface area contributed by atoms with Crippen molar-refractivity contribution in [3.8, 4) is 0 Å². The van der Waals surface area contributed by atoms with Crippen LogP contribution in [-0.2, 0) is 27.3 Å². The topological polar surface area (TPSA) is 66.8 Å². The Labute approximate surface area is 165 Å². The molecule has 0 saturated carbocycles. The second-order valence-electron chi connectivity index (χ2n) is 8.15. The summed E-state index contributed by atoms with van der Waals surface area (Å²) in [5.74, 6) is 0.147. The molecule has 3 heterocycles. The number of nitrogens with zero attached hydrogens (tertiary/aromatic N) is 1. The highest BCUT2D eigenvalue weighted by Crippen LogP contribution is 2.28. The first-order chi connectivity index (χ1) is 13.5. The quantitative estimate of drug-likeness (QED) is 0.779. The van der Waals surface area contributed by atoms with Crippen molar-refractivity contribution in [2.24, 2.45) is 5.92 Å². The van der Waals surface area contributed by atoms with Crippen molar-refractivity contribution in [2.45, 2.75) is 39.7 Å². The summed E-state index contributed by atoms with van der Waals surface area (Å²) in [7, 11) is 0. The van der Waals surface area contributed by atoms with E-state index >= 15 is 0 Å². The van der Waals surface area contributed by atoms with Gasteiger partial charge in [0.05, 0.1) is 25.6 Å². The van der Waals surface area contributed by atoms with Crippen molar-refractivity contribution in [3.63, 3.8) is 0 Å². The van der Waals surface area contributed by atoms with Gasteiger partial charge in [0, 0.05) is 54.5 Å². The van der Waals surface area contributed by atoms with Crippen LogP contribution in [0.2, 0.25) is 0 Å². The first-order valence-electron chi connectivity index (χ1n) is 10.4. The second-order valence-corrected chi connectivity index (χ2v) is 8.15. The number of carbonyl (C=O) groups excluding carboxylic acids is 2. The fraction of sp³-hybridized carbons (Fsp3) is 0.545. The van der Waals surface area contributed by atoms with E-state index < -0.39 is 0 Å². The van der Waals surface area contributed by atoms with E-state index in [1.54, 1.807) is 0 Å². The second kappa shape index (κ2) is 7.95. The maximum Gasteiger partial charge on any atom is 0.309 e. The zero-order chi connectivity index (χ0) is 19.7. The molecule has 0 bridgehead atoms. The zero-order valence-electron chi connectivity index (χ0n) is 16.8. The van der Waals surface area contributed by atoms with Gasteiger partial charge in [-0.2, -0.15) is 0 Å². The van der Waals surface area contributed by atoms with Gasteiger partial charge in [0.1, 0.15) is 0 Å². The van der Waals surface area contributed by atoms with Crippen LogP contribution in [-0.4, -0.2) is 54.5 Å². The number of quaternary nitrogens is 1. The number of carbonyl (C=O) groups is 2. The minimum atomic E-state index is -0.0777. The first kappa shape index (κ1) is 19.0. The maximum absolute atomic E-state index is 12.9. The van der Waals surface area contributed by atoms with Gasteiger partial charge < -0.3 is 19.5 Å². The number of amides is 1. The van der Waals surface area contributed by atoms with Crippen molar-refractivity contribution in [2.75, 3.05) is 32.8 Å². The number of likely N-dealkylation sites (tertiary alicyclic amines) is 1.